The Balaban J connectivity index is 2.76. The number of ether oxygens (including phenoxy) is 1. The van der Waals surface area contributed by atoms with Gasteiger partial charge in [0.1, 0.15) is 5.82 Å². The normalized spacial score (nSPS) is 11.2. The Morgan fingerprint density at radius 1 is 1.45 bits per heavy atom. The van der Waals surface area contributed by atoms with Crippen LogP contribution in [0, 0.1) is 5.82 Å². The van der Waals surface area contributed by atoms with Crippen LogP contribution in [0.25, 0.3) is 0 Å². The van der Waals surface area contributed by atoms with Crippen molar-refractivity contribution in [2.24, 2.45) is 0 Å². The Bertz CT molecular complexity index is 591. The van der Waals surface area contributed by atoms with Gasteiger partial charge in [-0.2, -0.15) is 0 Å². The average molecular weight is 324 g/mol. The molecule has 1 aromatic carbocycles. The summed E-state index contributed by atoms with van der Waals surface area (Å²) in [4.78, 5) is 10.9. The number of methoxy groups -OCH3 is 1. The monoisotopic (exact) mass is 323 g/mol. The third-order valence-corrected chi connectivity index (χ3v) is 4.83. The number of hydrogen-bond acceptors (Lipinski definition) is 4. The summed E-state index contributed by atoms with van der Waals surface area (Å²) >= 11 is 5.62. The standard InChI is InChI=1S/C12H15ClFNO4S/c1-15(9-5-6-11(14)10(13)8-9)20(17,18)7-3-4-12(16)19-2/h5-6,8H,3-4,7H2,1-2H3. The smallest absolute Gasteiger partial charge is 0.305 e. The van der Waals surface area contributed by atoms with Crippen LogP contribution >= 0.6 is 11.6 Å². The second-order valence-electron chi connectivity index (χ2n) is 4.06. The number of benzene rings is 1. The fourth-order valence-corrected chi connectivity index (χ4v) is 2.87. The summed E-state index contributed by atoms with van der Waals surface area (Å²) < 4.78 is 42.5. The molecule has 1 rings (SSSR count). The molecule has 0 unspecified atom stereocenters. The van der Waals surface area contributed by atoms with Crippen molar-refractivity contribution in [3.05, 3.63) is 29.0 Å². The van der Waals surface area contributed by atoms with Gasteiger partial charge in [-0.05, 0) is 24.6 Å². The Hall–Kier alpha value is -1.34. The van der Waals surface area contributed by atoms with E-state index < -0.39 is 21.8 Å². The molecule has 112 valence electrons. The minimum atomic E-state index is -3.60. The molecule has 0 aliphatic heterocycles. The van der Waals surface area contributed by atoms with Crippen molar-refractivity contribution in [3.63, 3.8) is 0 Å². The van der Waals surface area contributed by atoms with E-state index in [0.29, 0.717) is 0 Å². The Kier molecular flexibility index (Phi) is 5.76. The van der Waals surface area contributed by atoms with E-state index in [1.165, 1.54) is 26.3 Å². The zero-order valence-corrected chi connectivity index (χ0v) is 12.7. The lowest BCUT2D eigenvalue weighted by Crippen LogP contribution is -2.29. The first-order chi connectivity index (χ1) is 9.27. The highest BCUT2D eigenvalue weighted by Gasteiger charge is 2.19. The first kappa shape index (κ1) is 16.7. The maximum absolute atomic E-state index is 13.0. The van der Waals surface area contributed by atoms with Crippen LogP contribution in [0.5, 0.6) is 0 Å². The van der Waals surface area contributed by atoms with Crippen LogP contribution in [-0.4, -0.2) is 34.3 Å². The van der Waals surface area contributed by atoms with Crippen LogP contribution in [-0.2, 0) is 19.6 Å². The number of sulfonamides is 1. The molecule has 0 saturated carbocycles. The van der Waals surface area contributed by atoms with Gasteiger partial charge in [-0.1, -0.05) is 11.6 Å². The fraction of sp³-hybridized carbons (Fsp3) is 0.417. The van der Waals surface area contributed by atoms with Crippen molar-refractivity contribution in [2.75, 3.05) is 24.2 Å². The third kappa shape index (κ3) is 4.35. The molecule has 0 spiro atoms. The fourth-order valence-electron chi connectivity index (χ4n) is 1.48. The van der Waals surface area contributed by atoms with Gasteiger partial charge < -0.3 is 4.74 Å². The minimum Gasteiger partial charge on any atom is -0.469 e. The molecular formula is C12H15ClFNO4S. The summed E-state index contributed by atoms with van der Waals surface area (Å²) in [5.41, 5.74) is 0.259. The maximum Gasteiger partial charge on any atom is 0.305 e. The molecule has 0 fully saturated rings. The molecule has 0 heterocycles. The SMILES string of the molecule is COC(=O)CCCS(=O)(=O)N(C)c1ccc(F)c(Cl)c1. The van der Waals surface area contributed by atoms with Gasteiger partial charge in [-0.25, -0.2) is 12.8 Å². The van der Waals surface area contributed by atoms with E-state index in [4.69, 9.17) is 11.6 Å². The molecule has 0 N–H and O–H groups in total. The highest BCUT2D eigenvalue weighted by molar-refractivity contribution is 7.92. The minimum absolute atomic E-state index is 0.0216. The molecule has 1 aromatic rings. The number of rotatable bonds is 6. The molecule has 8 heteroatoms. The van der Waals surface area contributed by atoms with Gasteiger partial charge in [-0.3, -0.25) is 9.10 Å². The number of nitrogens with zero attached hydrogens (tertiary/aromatic N) is 1. The highest BCUT2D eigenvalue weighted by Crippen LogP contribution is 2.23. The van der Waals surface area contributed by atoms with E-state index in [0.717, 1.165) is 10.4 Å². The van der Waals surface area contributed by atoms with Crippen LogP contribution in [0.2, 0.25) is 5.02 Å². The van der Waals surface area contributed by atoms with E-state index in [1.54, 1.807) is 0 Å². The quantitative estimate of drug-likeness (QED) is 0.753. The van der Waals surface area contributed by atoms with Crippen molar-refractivity contribution in [1.82, 2.24) is 0 Å². The van der Waals surface area contributed by atoms with Gasteiger partial charge in [0.05, 0.1) is 23.6 Å². The van der Waals surface area contributed by atoms with Crippen LogP contribution in [0.4, 0.5) is 10.1 Å². The van der Waals surface area contributed by atoms with E-state index >= 15 is 0 Å². The van der Waals surface area contributed by atoms with Crippen molar-refractivity contribution in [2.45, 2.75) is 12.8 Å². The Morgan fingerprint density at radius 3 is 2.65 bits per heavy atom. The zero-order valence-electron chi connectivity index (χ0n) is 11.1. The highest BCUT2D eigenvalue weighted by atomic mass is 35.5. The number of carbonyl (C=O) groups is 1. The van der Waals surface area contributed by atoms with Crippen molar-refractivity contribution in [3.8, 4) is 0 Å². The summed E-state index contributed by atoms with van der Waals surface area (Å²) in [6.45, 7) is 0. The Morgan fingerprint density at radius 2 is 2.10 bits per heavy atom. The first-order valence-corrected chi connectivity index (χ1v) is 7.75. The predicted octanol–water partition coefficient (Wildman–Crippen LogP) is 2.20. The number of halogens is 2. The van der Waals surface area contributed by atoms with E-state index in [2.05, 4.69) is 4.74 Å². The molecule has 5 nitrogen and oxygen atoms in total. The molecule has 0 aliphatic rings. The molecule has 0 amide bonds. The predicted molar refractivity (Wildman–Crippen MR) is 74.8 cm³/mol. The van der Waals surface area contributed by atoms with Crippen LogP contribution in [0.15, 0.2) is 18.2 Å². The van der Waals surface area contributed by atoms with Gasteiger partial charge in [0.25, 0.3) is 0 Å². The number of carbonyl (C=O) groups excluding carboxylic acids is 1. The molecule has 20 heavy (non-hydrogen) atoms. The first-order valence-electron chi connectivity index (χ1n) is 5.76. The number of anilines is 1. The lowest BCUT2D eigenvalue weighted by atomic mass is 10.3. The summed E-state index contributed by atoms with van der Waals surface area (Å²) in [7, 11) is -1.02. The van der Waals surface area contributed by atoms with Crippen LogP contribution in [0.1, 0.15) is 12.8 Å². The van der Waals surface area contributed by atoms with Crippen molar-refractivity contribution >= 4 is 33.3 Å². The van der Waals surface area contributed by atoms with Crippen LogP contribution < -0.4 is 4.31 Å². The van der Waals surface area contributed by atoms with E-state index in [1.807, 2.05) is 0 Å². The van der Waals surface area contributed by atoms with Gasteiger partial charge >= 0.3 is 5.97 Å². The summed E-state index contributed by atoms with van der Waals surface area (Å²) in [5, 5.41) is -0.154. The lowest BCUT2D eigenvalue weighted by molar-refractivity contribution is -0.140. The lowest BCUT2D eigenvalue weighted by Gasteiger charge is -2.19. The largest absolute Gasteiger partial charge is 0.469 e. The second kappa shape index (κ2) is 6.90. The van der Waals surface area contributed by atoms with Crippen molar-refractivity contribution in [1.29, 1.82) is 0 Å². The summed E-state index contributed by atoms with van der Waals surface area (Å²) in [5.74, 6) is -1.30. The van der Waals surface area contributed by atoms with Gasteiger partial charge in [0, 0.05) is 13.5 Å². The number of esters is 1. The molecule has 0 atom stereocenters. The molecule has 0 radical (unpaired) electrons. The van der Waals surface area contributed by atoms with E-state index in [9.17, 15) is 17.6 Å². The second-order valence-corrected chi connectivity index (χ2v) is 6.59. The van der Waals surface area contributed by atoms with Gasteiger partial charge in [-0.15, -0.1) is 0 Å². The topological polar surface area (TPSA) is 63.7 Å². The molecule has 0 saturated heterocycles. The molecule has 0 bridgehead atoms. The number of hydrogen-bond donors (Lipinski definition) is 0. The third-order valence-electron chi connectivity index (χ3n) is 2.69. The molecule has 0 aromatic heterocycles. The zero-order chi connectivity index (χ0) is 15.3. The molecule has 0 aliphatic carbocycles. The van der Waals surface area contributed by atoms with E-state index in [-0.39, 0.29) is 29.3 Å². The van der Waals surface area contributed by atoms with Crippen molar-refractivity contribution < 1.29 is 22.3 Å². The summed E-state index contributed by atoms with van der Waals surface area (Å²) in [6.07, 6.45) is 0.169. The Labute approximate surface area is 122 Å². The molecular weight excluding hydrogens is 309 g/mol. The average Bonchev–Trinajstić information content (AvgIpc) is 2.40. The van der Waals surface area contributed by atoms with Gasteiger partial charge in [0.15, 0.2) is 0 Å². The maximum atomic E-state index is 13.0. The summed E-state index contributed by atoms with van der Waals surface area (Å²) in [6, 6.07) is 3.64. The van der Waals surface area contributed by atoms with Gasteiger partial charge in [0.2, 0.25) is 10.0 Å². The van der Waals surface area contributed by atoms with Crippen LogP contribution in [0.3, 0.4) is 0 Å².